The number of aromatic nitrogens is 2. The van der Waals surface area contributed by atoms with E-state index in [-0.39, 0.29) is 11.2 Å². The predicted molar refractivity (Wildman–Crippen MR) is 126 cm³/mol. The van der Waals surface area contributed by atoms with Crippen molar-refractivity contribution in [3.63, 3.8) is 0 Å². The number of carbonyl (C=O) groups excluding carboxylic acids is 1. The van der Waals surface area contributed by atoms with Crippen LogP contribution in [0.15, 0.2) is 59.6 Å². The van der Waals surface area contributed by atoms with Crippen LogP contribution in [0.4, 0.5) is 0 Å². The predicted octanol–water partition coefficient (Wildman–Crippen LogP) is 6.01. The highest BCUT2D eigenvalue weighted by atomic mass is 32.2. The first kappa shape index (κ1) is 19.8. The van der Waals surface area contributed by atoms with Crippen LogP contribution in [0.25, 0.3) is 21.8 Å². The quantitative estimate of drug-likeness (QED) is 0.377. The topological polar surface area (TPSA) is 58.7 Å². The molecule has 2 aromatic heterocycles. The van der Waals surface area contributed by atoms with Crippen molar-refractivity contribution in [3.8, 4) is 6.07 Å². The number of pyridine rings is 1. The molecule has 5 heteroatoms. The molecular formula is C26H23N3OS. The van der Waals surface area contributed by atoms with Crippen LogP contribution in [0.1, 0.15) is 41.9 Å². The number of carbonyl (C=O) groups is 1. The molecule has 0 saturated heterocycles. The molecule has 0 saturated carbocycles. The number of nitrogens with zero attached hydrogens (tertiary/aromatic N) is 3. The number of para-hydroxylation sites is 2. The van der Waals surface area contributed by atoms with Gasteiger partial charge in [-0.3, -0.25) is 9.36 Å². The number of aryl methyl sites for hydroxylation is 1. The molecule has 4 aromatic rings. The van der Waals surface area contributed by atoms with Gasteiger partial charge in [0.2, 0.25) is 5.91 Å². The van der Waals surface area contributed by atoms with Crippen LogP contribution >= 0.6 is 11.8 Å². The molecule has 31 heavy (non-hydrogen) atoms. The Morgan fingerprint density at radius 2 is 1.81 bits per heavy atom. The Balaban J connectivity index is 1.53. The van der Waals surface area contributed by atoms with Crippen LogP contribution in [0.2, 0.25) is 0 Å². The summed E-state index contributed by atoms with van der Waals surface area (Å²) in [6.07, 6.45) is 3.02. The Kier molecular flexibility index (Phi) is 5.03. The van der Waals surface area contributed by atoms with E-state index in [9.17, 15) is 10.1 Å². The van der Waals surface area contributed by atoms with E-state index >= 15 is 0 Å². The van der Waals surface area contributed by atoms with Crippen molar-refractivity contribution in [3.05, 3.63) is 71.4 Å². The molecule has 0 fully saturated rings. The van der Waals surface area contributed by atoms with E-state index in [1.54, 1.807) is 0 Å². The molecular weight excluding hydrogens is 402 g/mol. The molecule has 4 nitrogen and oxygen atoms in total. The van der Waals surface area contributed by atoms with Crippen molar-refractivity contribution in [1.82, 2.24) is 9.55 Å². The van der Waals surface area contributed by atoms with Crippen LogP contribution in [0.3, 0.4) is 0 Å². The highest BCUT2D eigenvalue weighted by Gasteiger charge is 2.25. The van der Waals surface area contributed by atoms with Crippen LogP contribution in [0.5, 0.6) is 0 Å². The molecule has 0 N–H and O–H groups in total. The lowest BCUT2D eigenvalue weighted by atomic mass is 9.87. The maximum atomic E-state index is 13.6. The molecule has 0 bridgehead atoms. The van der Waals surface area contributed by atoms with Crippen molar-refractivity contribution in [2.24, 2.45) is 5.92 Å². The van der Waals surface area contributed by atoms with Gasteiger partial charge in [-0.2, -0.15) is 5.26 Å². The Hall–Kier alpha value is -3.10. The summed E-state index contributed by atoms with van der Waals surface area (Å²) in [5, 5.41) is 12.1. The monoisotopic (exact) mass is 425 g/mol. The highest BCUT2D eigenvalue weighted by molar-refractivity contribution is 8.00. The molecule has 1 aliphatic carbocycles. The molecule has 2 heterocycles. The average Bonchev–Trinajstić information content (AvgIpc) is 3.12. The van der Waals surface area contributed by atoms with E-state index in [0.717, 1.165) is 46.8 Å². The Bertz CT molecular complexity index is 1310. The molecule has 2 atom stereocenters. The molecule has 0 radical (unpaired) electrons. The summed E-state index contributed by atoms with van der Waals surface area (Å²) in [5.41, 5.74) is 4.65. The zero-order valence-electron chi connectivity index (χ0n) is 17.6. The first-order valence-electron chi connectivity index (χ1n) is 10.7. The van der Waals surface area contributed by atoms with E-state index in [1.807, 2.05) is 54.0 Å². The van der Waals surface area contributed by atoms with Gasteiger partial charge in [-0.05, 0) is 55.9 Å². The molecule has 2 aromatic carbocycles. The summed E-state index contributed by atoms with van der Waals surface area (Å²) in [5.74, 6) is 0.620. The zero-order valence-corrected chi connectivity index (χ0v) is 18.4. The Morgan fingerprint density at radius 3 is 2.45 bits per heavy atom. The molecule has 0 aliphatic heterocycles. The standard InChI is InChI=1S/C26H23N3OS/c1-16-11-12-22-18(13-16)14-19(15-27)25(28-22)31-17(2)26(30)29-23-9-5-3-7-20(23)21-8-4-6-10-24(21)29/h3-10,14,16-17H,11-13H2,1-2H3. The summed E-state index contributed by atoms with van der Waals surface area (Å²) in [4.78, 5) is 18.4. The van der Waals surface area contributed by atoms with Gasteiger partial charge >= 0.3 is 0 Å². The second kappa shape index (κ2) is 7.86. The van der Waals surface area contributed by atoms with Gasteiger partial charge in [-0.15, -0.1) is 0 Å². The summed E-state index contributed by atoms with van der Waals surface area (Å²) >= 11 is 1.39. The smallest absolute Gasteiger partial charge is 0.244 e. The number of benzene rings is 2. The summed E-state index contributed by atoms with van der Waals surface area (Å²) < 4.78 is 1.81. The van der Waals surface area contributed by atoms with Gasteiger partial charge in [0.05, 0.1) is 21.8 Å². The molecule has 2 unspecified atom stereocenters. The number of fused-ring (bicyclic) bond motifs is 4. The highest BCUT2D eigenvalue weighted by Crippen LogP contribution is 2.34. The summed E-state index contributed by atoms with van der Waals surface area (Å²) in [7, 11) is 0. The number of nitriles is 1. The third-order valence-corrected chi connectivity index (χ3v) is 7.25. The minimum Gasteiger partial charge on any atom is -0.279 e. The fourth-order valence-corrected chi connectivity index (χ4v) is 5.49. The first-order chi connectivity index (χ1) is 15.1. The van der Waals surface area contributed by atoms with Gasteiger partial charge in [0.15, 0.2) is 0 Å². The van der Waals surface area contributed by atoms with Gasteiger partial charge < -0.3 is 0 Å². The average molecular weight is 426 g/mol. The number of thioether (sulfide) groups is 1. The minimum absolute atomic E-state index is 0.000525. The lowest BCUT2D eigenvalue weighted by Crippen LogP contribution is -2.22. The van der Waals surface area contributed by atoms with E-state index in [0.29, 0.717) is 16.5 Å². The van der Waals surface area contributed by atoms with Gasteiger partial charge in [0, 0.05) is 16.5 Å². The molecule has 0 spiro atoms. The van der Waals surface area contributed by atoms with Crippen LogP contribution < -0.4 is 0 Å². The third-order valence-electron chi connectivity index (χ3n) is 6.16. The van der Waals surface area contributed by atoms with Gasteiger partial charge in [-0.25, -0.2) is 4.98 Å². The van der Waals surface area contributed by atoms with Gasteiger partial charge in [0.1, 0.15) is 11.1 Å². The summed E-state index contributed by atoms with van der Waals surface area (Å²) in [6, 6.07) is 20.3. The van der Waals surface area contributed by atoms with E-state index in [1.165, 1.54) is 17.3 Å². The van der Waals surface area contributed by atoms with Gasteiger partial charge in [0.25, 0.3) is 0 Å². The summed E-state index contributed by atoms with van der Waals surface area (Å²) in [6.45, 7) is 4.14. The van der Waals surface area contributed by atoms with Crippen LogP contribution in [-0.4, -0.2) is 20.7 Å². The van der Waals surface area contributed by atoms with Crippen molar-refractivity contribution >= 4 is 39.5 Å². The second-order valence-corrected chi connectivity index (χ2v) is 9.70. The molecule has 154 valence electrons. The molecule has 0 amide bonds. The van der Waals surface area contributed by atoms with Gasteiger partial charge in [-0.1, -0.05) is 55.1 Å². The lowest BCUT2D eigenvalue weighted by molar-refractivity contribution is 0.0925. The van der Waals surface area contributed by atoms with Crippen molar-refractivity contribution < 1.29 is 4.79 Å². The maximum absolute atomic E-state index is 13.6. The third kappa shape index (κ3) is 3.41. The first-order valence-corrected chi connectivity index (χ1v) is 11.6. The number of rotatable bonds is 3. The molecule has 1 aliphatic rings. The molecule has 5 rings (SSSR count). The zero-order chi connectivity index (χ0) is 21.5. The fraction of sp³-hybridized carbons (Fsp3) is 0.269. The minimum atomic E-state index is -0.376. The SMILES string of the molecule is CC1CCc2nc(SC(C)C(=O)n3c4ccccc4c4ccccc43)c(C#N)cc2C1. The van der Waals surface area contributed by atoms with Crippen LogP contribution in [0, 0.1) is 17.2 Å². The number of hydrogen-bond acceptors (Lipinski definition) is 4. The van der Waals surface area contributed by atoms with E-state index in [4.69, 9.17) is 4.98 Å². The number of hydrogen-bond donors (Lipinski definition) is 0. The van der Waals surface area contributed by atoms with E-state index < -0.39 is 0 Å². The Morgan fingerprint density at radius 1 is 1.16 bits per heavy atom. The normalized spacial score (nSPS) is 16.7. The second-order valence-electron chi connectivity index (χ2n) is 8.37. The van der Waals surface area contributed by atoms with Crippen LogP contribution in [-0.2, 0) is 12.8 Å². The maximum Gasteiger partial charge on any atom is 0.244 e. The Labute approximate surface area is 185 Å². The fourth-order valence-electron chi connectivity index (χ4n) is 4.56. The van der Waals surface area contributed by atoms with Crippen molar-refractivity contribution in [1.29, 1.82) is 5.26 Å². The lowest BCUT2D eigenvalue weighted by Gasteiger charge is -2.22. The van der Waals surface area contributed by atoms with E-state index in [2.05, 4.69) is 25.1 Å². The van der Waals surface area contributed by atoms with Crippen molar-refractivity contribution in [2.45, 2.75) is 43.4 Å². The van der Waals surface area contributed by atoms with Crippen molar-refractivity contribution in [2.75, 3.05) is 0 Å². The largest absolute Gasteiger partial charge is 0.279 e.